The van der Waals surface area contributed by atoms with Gasteiger partial charge in [-0.25, -0.2) is 9.78 Å². The lowest BCUT2D eigenvalue weighted by Crippen LogP contribution is -2.35. The molecule has 0 aliphatic heterocycles. The Morgan fingerprint density at radius 3 is 2.55 bits per heavy atom. The van der Waals surface area contributed by atoms with Crippen LogP contribution in [0.15, 0.2) is 18.3 Å². The number of ether oxygens (including phenoxy) is 1. The van der Waals surface area contributed by atoms with Crippen LogP contribution in [0.2, 0.25) is 0 Å². The maximum Gasteiger partial charge on any atom is 0.408 e. The first-order valence-electron chi connectivity index (χ1n) is 6.00. The Morgan fingerprint density at radius 1 is 1.45 bits per heavy atom. The van der Waals surface area contributed by atoms with Crippen LogP contribution in [0, 0.1) is 5.95 Å². The first-order chi connectivity index (χ1) is 9.17. The normalized spacial score (nSPS) is 12.6. The van der Waals surface area contributed by atoms with Crippen LogP contribution in [-0.4, -0.2) is 27.8 Å². The van der Waals surface area contributed by atoms with E-state index in [4.69, 9.17) is 9.84 Å². The smallest absolute Gasteiger partial charge is 0.408 e. The fraction of sp³-hybridized carbons (Fsp3) is 0.462. The van der Waals surface area contributed by atoms with Crippen molar-refractivity contribution in [3.05, 3.63) is 29.8 Å². The summed E-state index contributed by atoms with van der Waals surface area (Å²) in [6.45, 7) is 5.08. The van der Waals surface area contributed by atoms with Gasteiger partial charge in [0.2, 0.25) is 5.95 Å². The lowest BCUT2D eigenvalue weighted by Gasteiger charge is -2.23. The van der Waals surface area contributed by atoms with Crippen molar-refractivity contribution in [2.75, 3.05) is 0 Å². The minimum Gasteiger partial charge on any atom is -0.481 e. The van der Waals surface area contributed by atoms with Gasteiger partial charge in [0.25, 0.3) is 0 Å². The molecule has 0 radical (unpaired) electrons. The summed E-state index contributed by atoms with van der Waals surface area (Å²) in [5.74, 6) is -1.78. The number of pyridine rings is 1. The van der Waals surface area contributed by atoms with Crippen molar-refractivity contribution >= 4 is 12.1 Å². The third-order valence-corrected chi connectivity index (χ3v) is 2.22. The van der Waals surface area contributed by atoms with Crippen LogP contribution in [0.25, 0.3) is 0 Å². The van der Waals surface area contributed by atoms with Gasteiger partial charge in [-0.2, -0.15) is 4.39 Å². The average Bonchev–Trinajstić information content (AvgIpc) is 2.25. The van der Waals surface area contributed by atoms with Crippen molar-refractivity contribution in [2.45, 2.75) is 38.8 Å². The summed E-state index contributed by atoms with van der Waals surface area (Å²) in [6.07, 6.45) is 0.0837. The number of rotatable bonds is 4. The molecule has 1 atom stereocenters. The molecule has 0 unspecified atom stereocenters. The highest BCUT2D eigenvalue weighted by Crippen LogP contribution is 2.17. The minimum absolute atomic E-state index is 0.355. The molecule has 2 N–H and O–H groups in total. The number of carboxylic acid groups (broad SMARTS) is 1. The molecule has 1 rings (SSSR count). The predicted octanol–water partition coefficient (Wildman–Crippen LogP) is 2.26. The van der Waals surface area contributed by atoms with Gasteiger partial charge in [-0.3, -0.25) is 4.79 Å². The SMILES string of the molecule is CC(C)(C)OC(=O)N[C@H](CC(=O)O)c1ccc(F)nc1. The highest BCUT2D eigenvalue weighted by molar-refractivity contribution is 5.72. The Labute approximate surface area is 116 Å². The van der Waals surface area contributed by atoms with Gasteiger partial charge < -0.3 is 15.2 Å². The molecule has 20 heavy (non-hydrogen) atoms. The Bertz CT molecular complexity index is 482. The van der Waals surface area contributed by atoms with E-state index in [2.05, 4.69) is 10.3 Å². The lowest BCUT2D eigenvalue weighted by atomic mass is 10.1. The number of aromatic nitrogens is 1. The highest BCUT2D eigenvalue weighted by Gasteiger charge is 2.22. The number of halogens is 1. The number of hydrogen-bond acceptors (Lipinski definition) is 4. The van der Waals surface area contributed by atoms with Gasteiger partial charge in [-0.15, -0.1) is 0 Å². The van der Waals surface area contributed by atoms with E-state index in [1.807, 2.05) is 0 Å². The number of carbonyl (C=O) groups excluding carboxylic acids is 1. The van der Waals surface area contributed by atoms with E-state index in [0.717, 1.165) is 6.07 Å². The maximum absolute atomic E-state index is 12.8. The number of nitrogens with zero attached hydrogens (tertiary/aromatic N) is 1. The number of hydrogen-bond donors (Lipinski definition) is 2. The quantitative estimate of drug-likeness (QED) is 0.828. The monoisotopic (exact) mass is 284 g/mol. The zero-order valence-electron chi connectivity index (χ0n) is 11.5. The van der Waals surface area contributed by atoms with Crippen LogP contribution in [0.5, 0.6) is 0 Å². The molecule has 0 saturated heterocycles. The van der Waals surface area contributed by atoms with Crippen LogP contribution in [0.4, 0.5) is 9.18 Å². The second-order valence-electron chi connectivity index (χ2n) is 5.21. The third kappa shape index (κ3) is 5.64. The maximum atomic E-state index is 12.8. The van der Waals surface area contributed by atoms with Gasteiger partial charge in [0, 0.05) is 6.20 Å². The fourth-order valence-electron chi connectivity index (χ4n) is 1.47. The van der Waals surface area contributed by atoms with Crippen LogP contribution >= 0.6 is 0 Å². The molecule has 0 aliphatic rings. The molecule has 1 heterocycles. The van der Waals surface area contributed by atoms with Crippen molar-refractivity contribution in [2.24, 2.45) is 0 Å². The number of carbonyl (C=O) groups is 2. The average molecular weight is 284 g/mol. The zero-order chi connectivity index (χ0) is 15.3. The summed E-state index contributed by atoms with van der Waals surface area (Å²) in [4.78, 5) is 25.9. The van der Waals surface area contributed by atoms with Gasteiger partial charge >= 0.3 is 12.1 Å². The first-order valence-corrected chi connectivity index (χ1v) is 6.00. The summed E-state index contributed by atoms with van der Waals surface area (Å²) >= 11 is 0. The third-order valence-electron chi connectivity index (χ3n) is 2.22. The van der Waals surface area contributed by atoms with E-state index in [-0.39, 0.29) is 6.42 Å². The van der Waals surface area contributed by atoms with Gasteiger partial charge in [-0.1, -0.05) is 6.07 Å². The molecule has 0 aliphatic carbocycles. The van der Waals surface area contributed by atoms with Gasteiger partial charge in [0.1, 0.15) is 5.60 Å². The van der Waals surface area contributed by atoms with E-state index in [1.165, 1.54) is 12.3 Å². The number of aliphatic carboxylic acids is 1. The Hall–Kier alpha value is -2.18. The number of nitrogens with one attached hydrogen (secondary N) is 1. The van der Waals surface area contributed by atoms with Crippen molar-refractivity contribution < 1.29 is 23.8 Å². The molecule has 1 aromatic heterocycles. The standard InChI is InChI=1S/C13H17FN2O4/c1-13(2,3)20-12(19)16-9(6-11(17)18)8-4-5-10(14)15-7-8/h4-5,7,9H,6H2,1-3H3,(H,16,19)(H,17,18)/t9-/m1/s1. The predicted molar refractivity (Wildman–Crippen MR) is 68.6 cm³/mol. The largest absolute Gasteiger partial charge is 0.481 e. The van der Waals surface area contributed by atoms with Crippen molar-refractivity contribution in [3.63, 3.8) is 0 Å². The molecule has 0 spiro atoms. The van der Waals surface area contributed by atoms with Crippen molar-refractivity contribution in [1.82, 2.24) is 10.3 Å². The van der Waals surface area contributed by atoms with Gasteiger partial charge in [-0.05, 0) is 32.4 Å². The first kappa shape index (κ1) is 15.9. The summed E-state index contributed by atoms with van der Waals surface area (Å²) in [5, 5.41) is 11.3. The summed E-state index contributed by atoms with van der Waals surface area (Å²) in [5.41, 5.74) is -0.307. The molecule has 0 saturated carbocycles. The van der Waals surface area contributed by atoms with E-state index < -0.39 is 29.7 Å². The zero-order valence-corrected chi connectivity index (χ0v) is 11.5. The topological polar surface area (TPSA) is 88.5 Å². The van der Waals surface area contributed by atoms with Crippen molar-refractivity contribution in [1.29, 1.82) is 0 Å². The molecule has 0 aromatic carbocycles. The summed E-state index contributed by atoms with van der Waals surface area (Å²) in [7, 11) is 0. The summed E-state index contributed by atoms with van der Waals surface area (Å²) in [6, 6.07) is 1.63. The Morgan fingerprint density at radius 2 is 2.10 bits per heavy atom. The number of carboxylic acids is 1. The van der Waals surface area contributed by atoms with Crippen LogP contribution < -0.4 is 5.32 Å². The molecule has 1 aromatic rings. The van der Waals surface area contributed by atoms with E-state index >= 15 is 0 Å². The van der Waals surface area contributed by atoms with E-state index in [1.54, 1.807) is 20.8 Å². The molecule has 0 fully saturated rings. The fourth-order valence-corrected chi connectivity index (χ4v) is 1.47. The van der Waals surface area contributed by atoms with Crippen LogP contribution in [-0.2, 0) is 9.53 Å². The molecular weight excluding hydrogens is 267 g/mol. The minimum atomic E-state index is -1.10. The molecule has 6 nitrogen and oxygen atoms in total. The number of alkyl carbamates (subject to hydrolysis) is 1. The Balaban J connectivity index is 2.82. The lowest BCUT2D eigenvalue weighted by molar-refractivity contribution is -0.137. The summed E-state index contributed by atoms with van der Waals surface area (Å²) < 4.78 is 17.8. The molecular formula is C13H17FN2O4. The molecule has 1 amide bonds. The molecule has 7 heteroatoms. The second-order valence-corrected chi connectivity index (χ2v) is 5.21. The van der Waals surface area contributed by atoms with Crippen LogP contribution in [0.1, 0.15) is 38.8 Å². The van der Waals surface area contributed by atoms with Gasteiger partial charge in [0.05, 0.1) is 12.5 Å². The van der Waals surface area contributed by atoms with Crippen LogP contribution in [0.3, 0.4) is 0 Å². The Kier molecular flexibility index (Phi) is 5.01. The van der Waals surface area contributed by atoms with Crippen molar-refractivity contribution in [3.8, 4) is 0 Å². The van der Waals surface area contributed by atoms with E-state index in [9.17, 15) is 14.0 Å². The second kappa shape index (κ2) is 6.31. The molecule has 0 bridgehead atoms. The van der Waals surface area contributed by atoms with E-state index in [0.29, 0.717) is 5.56 Å². The number of amides is 1. The highest BCUT2D eigenvalue weighted by atomic mass is 19.1. The van der Waals surface area contributed by atoms with Gasteiger partial charge in [0.15, 0.2) is 0 Å². The molecule has 110 valence electrons.